The van der Waals surface area contributed by atoms with Crippen LogP contribution in [0.15, 0.2) is 0 Å². The predicted octanol–water partition coefficient (Wildman–Crippen LogP) is 2.32. The van der Waals surface area contributed by atoms with Crippen molar-refractivity contribution >= 4 is 34.2 Å². The Labute approximate surface area is 78.7 Å². The minimum absolute atomic E-state index is 0.803. The summed E-state index contributed by atoms with van der Waals surface area (Å²) in [5.41, 5.74) is 2.01. The van der Waals surface area contributed by atoms with E-state index in [-0.39, 0.29) is 0 Å². The van der Waals surface area contributed by atoms with Crippen molar-refractivity contribution in [1.29, 1.82) is 0 Å². The van der Waals surface area contributed by atoms with E-state index >= 15 is 0 Å². The van der Waals surface area contributed by atoms with Crippen LogP contribution < -0.4 is 0 Å². The molecule has 10 heavy (non-hydrogen) atoms. The summed E-state index contributed by atoms with van der Waals surface area (Å²) in [4.78, 5) is 0. The van der Waals surface area contributed by atoms with E-state index in [1.165, 1.54) is 0 Å². The van der Waals surface area contributed by atoms with Gasteiger partial charge in [-0.25, -0.2) is 0 Å². The summed E-state index contributed by atoms with van der Waals surface area (Å²) in [6.07, 6.45) is 0. The largest absolute Gasteiger partial charge is 0.270 e. The SMILES string of the molecule is Cc1nn(C)c(CI)c1Cl. The highest BCUT2D eigenvalue weighted by Gasteiger charge is 2.07. The third-order valence-electron chi connectivity index (χ3n) is 1.39. The maximum atomic E-state index is 5.93. The molecule has 0 atom stereocenters. The first-order valence-corrected chi connectivity index (χ1v) is 4.81. The standard InChI is InChI=1S/C6H8ClIN2/c1-4-6(7)5(3-8)10(2)9-4/h3H2,1-2H3. The van der Waals surface area contributed by atoms with Crippen molar-refractivity contribution < 1.29 is 0 Å². The summed E-state index contributed by atoms with van der Waals surface area (Å²) in [6, 6.07) is 0. The first-order valence-electron chi connectivity index (χ1n) is 2.90. The number of alkyl halides is 1. The summed E-state index contributed by atoms with van der Waals surface area (Å²) >= 11 is 8.20. The van der Waals surface area contributed by atoms with Crippen molar-refractivity contribution in [1.82, 2.24) is 9.78 Å². The molecule has 0 aliphatic carbocycles. The Bertz CT molecular complexity index is 244. The normalized spacial score (nSPS) is 10.4. The molecule has 0 radical (unpaired) electrons. The zero-order valence-corrected chi connectivity index (χ0v) is 8.77. The zero-order valence-electron chi connectivity index (χ0n) is 5.86. The van der Waals surface area contributed by atoms with Gasteiger partial charge in [-0.1, -0.05) is 34.2 Å². The first kappa shape index (κ1) is 8.33. The van der Waals surface area contributed by atoms with Gasteiger partial charge in [0.25, 0.3) is 0 Å². The maximum Gasteiger partial charge on any atom is 0.0854 e. The smallest absolute Gasteiger partial charge is 0.0854 e. The Hall–Kier alpha value is 0.230. The van der Waals surface area contributed by atoms with Gasteiger partial charge in [0.05, 0.1) is 16.4 Å². The van der Waals surface area contributed by atoms with Crippen LogP contribution in [-0.4, -0.2) is 9.78 Å². The highest BCUT2D eigenvalue weighted by Crippen LogP contribution is 2.21. The third kappa shape index (κ3) is 1.29. The lowest BCUT2D eigenvalue weighted by molar-refractivity contribution is 0.730. The number of nitrogens with zero attached hydrogens (tertiary/aromatic N) is 2. The summed E-state index contributed by atoms with van der Waals surface area (Å²) in [5.74, 6) is 0. The van der Waals surface area contributed by atoms with Gasteiger partial charge in [-0.2, -0.15) is 5.10 Å². The van der Waals surface area contributed by atoms with Crippen LogP contribution >= 0.6 is 34.2 Å². The van der Waals surface area contributed by atoms with Crippen LogP contribution in [0.1, 0.15) is 11.4 Å². The molecule has 1 aromatic heterocycles. The molecule has 0 amide bonds. The second-order valence-corrected chi connectivity index (χ2v) is 3.24. The van der Waals surface area contributed by atoms with Gasteiger partial charge in [0.2, 0.25) is 0 Å². The van der Waals surface area contributed by atoms with Gasteiger partial charge in [-0.05, 0) is 6.92 Å². The van der Waals surface area contributed by atoms with Crippen LogP contribution in [0.25, 0.3) is 0 Å². The molecular weight excluding hydrogens is 262 g/mol. The fourth-order valence-electron chi connectivity index (χ4n) is 0.825. The molecule has 0 unspecified atom stereocenters. The third-order valence-corrected chi connectivity index (χ3v) is 2.60. The van der Waals surface area contributed by atoms with Crippen molar-refractivity contribution in [2.24, 2.45) is 7.05 Å². The molecule has 0 aliphatic rings. The van der Waals surface area contributed by atoms with Crippen molar-refractivity contribution in [3.63, 3.8) is 0 Å². The lowest BCUT2D eigenvalue weighted by Crippen LogP contribution is -1.94. The molecule has 1 rings (SSSR count). The van der Waals surface area contributed by atoms with Gasteiger partial charge in [-0.15, -0.1) is 0 Å². The number of aromatic nitrogens is 2. The van der Waals surface area contributed by atoms with Crippen molar-refractivity contribution in [2.45, 2.75) is 11.4 Å². The van der Waals surface area contributed by atoms with Gasteiger partial charge in [0.1, 0.15) is 0 Å². The highest BCUT2D eigenvalue weighted by atomic mass is 127. The monoisotopic (exact) mass is 270 g/mol. The Morgan fingerprint density at radius 2 is 2.30 bits per heavy atom. The average Bonchev–Trinajstić information content (AvgIpc) is 2.09. The van der Waals surface area contributed by atoms with Crippen LogP contribution in [0.5, 0.6) is 0 Å². The molecule has 1 aromatic rings. The molecule has 0 spiro atoms. The van der Waals surface area contributed by atoms with E-state index in [0.717, 1.165) is 20.8 Å². The molecular formula is C6H8ClIN2. The van der Waals surface area contributed by atoms with Gasteiger partial charge >= 0.3 is 0 Å². The predicted molar refractivity (Wildman–Crippen MR) is 50.7 cm³/mol. The van der Waals surface area contributed by atoms with E-state index in [2.05, 4.69) is 27.7 Å². The zero-order chi connectivity index (χ0) is 7.72. The second kappa shape index (κ2) is 3.09. The molecule has 1 heterocycles. The minimum atomic E-state index is 0.803. The van der Waals surface area contributed by atoms with Crippen molar-refractivity contribution in [3.05, 3.63) is 16.4 Å². The van der Waals surface area contributed by atoms with E-state index in [1.807, 2.05) is 18.7 Å². The number of rotatable bonds is 1. The number of halogens is 2. The molecule has 0 saturated heterocycles. The van der Waals surface area contributed by atoms with Crippen LogP contribution in [0, 0.1) is 6.92 Å². The van der Waals surface area contributed by atoms with Gasteiger partial charge < -0.3 is 0 Å². The molecule has 2 nitrogen and oxygen atoms in total. The number of hydrogen-bond donors (Lipinski definition) is 0. The Balaban J connectivity index is 3.20. The summed E-state index contributed by atoms with van der Waals surface area (Å²) < 4.78 is 2.73. The van der Waals surface area contributed by atoms with Crippen molar-refractivity contribution in [3.8, 4) is 0 Å². The fourth-order valence-corrected chi connectivity index (χ4v) is 2.15. The van der Waals surface area contributed by atoms with Crippen LogP contribution in [0.4, 0.5) is 0 Å². The topological polar surface area (TPSA) is 17.8 Å². The Morgan fingerprint density at radius 1 is 1.70 bits per heavy atom. The van der Waals surface area contributed by atoms with Gasteiger partial charge in [0, 0.05) is 11.5 Å². The first-order chi connectivity index (χ1) is 4.66. The van der Waals surface area contributed by atoms with Crippen LogP contribution in [-0.2, 0) is 11.5 Å². The Kier molecular flexibility index (Phi) is 2.57. The molecule has 0 fully saturated rings. The summed E-state index contributed by atoms with van der Waals surface area (Å²) in [6.45, 7) is 1.91. The van der Waals surface area contributed by atoms with E-state index in [9.17, 15) is 0 Å². The van der Waals surface area contributed by atoms with Gasteiger partial charge in [0.15, 0.2) is 0 Å². The van der Waals surface area contributed by atoms with Gasteiger partial charge in [-0.3, -0.25) is 4.68 Å². The van der Waals surface area contributed by atoms with Crippen LogP contribution in [0.2, 0.25) is 5.02 Å². The fraction of sp³-hybridized carbons (Fsp3) is 0.500. The van der Waals surface area contributed by atoms with E-state index < -0.39 is 0 Å². The molecule has 0 saturated carbocycles. The molecule has 4 heteroatoms. The van der Waals surface area contributed by atoms with E-state index in [0.29, 0.717) is 0 Å². The highest BCUT2D eigenvalue weighted by molar-refractivity contribution is 14.1. The second-order valence-electron chi connectivity index (χ2n) is 2.10. The van der Waals surface area contributed by atoms with Crippen molar-refractivity contribution in [2.75, 3.05) is 0 Å². The summed E-state index contributed by atoms with van der Waals surface area (Å²) in [5, 5.41) is 4.96. The average molecular weight is 271 g/mol. The molecule has 0 aromatic carbocycles. The summed E-state index contributed by atoms with van der Waals surface area (Å²) in [7, 11) is 1.91. The van der Waals surface area contributed by atoms with E-state index in [1.54, 1.807) is 0 Å². The van der Waals surface area contributed by atoms with Crippen LogP contribution in [0.3, 0.4) is 0 Å². The number of aryl methyl sites for hydroxylation is 2. The molecule has 0 aliphatic heterocycles. The lowest BCUT2D eigenvalue weighted by Gasteiger charge is -1.94. The quantitative estimate of drug-likeness (QED) is 0.566. The maximum absolute atomic E-state index is 5.93. The lowest BCUT2D eigenvalue weighted by atomic mass is 10.4. The van der Waals surface area contributed by atoms with E-state index in [4.69, 9.17) is 11.6 Å². The molecule has 0 bridgehead atoms. The Morgan fingerprint density at radius 3 is 2.50 bits per heavy atom. The molecule has 0 N–H and O–H groups in total. The number of hydrogen-bond acceptors (Lipinski definition) is 1. The molecule has 56 valence electrons. The minimum Gasteiger partial charge on any atom is -0.270 e.